The van der Waals surface area contributed by atoms with Gasteiger partial charge in [-0.2, -0.15) is 11.3 Å². The summed E-state index contributed by atoms with van der Waals surface area (Å²) in [5.74, 6) is 0.684. The van der Waals surface area contributed by atoms with Gasteiger partial charge in [-0.3, -0.25) is 14.9 Å². The molecule has 1 aliphatic heterocycles. The summed E-state index contributed by atoms with van der Waals surface area (Å²) in [4.78, 5) is 32.3. The summed E-state index contributed by atoms with van der Waals surface area (Å²) in [6.45, 7) is 1.34. The molecule has 0 spiro atoms. The number of hydrogen-bond acceptors (Lipinski definition) is 6. The van der Waals surface area contributed by atoms with Gasteiger partial charge in [-0.05, 0) is 24.3 Å². The van der Waals surface area contributed by atoms with Crippen molar-refractivity contribution in [3.63, 3.8) is 0 Å². The van der Waals surface area contributed by atoms with Gasteiger partial charge in [-0.1, -0.05) is 24.2 Å². The third-order valence-electron chi connectivity index (χ3n) is 4.83. The van der Waals surface area contributed by atoms with Gasteiger partial charge in [0.2, 0.25) is 5.91 Å². The summed E-state index contributed by atoms with van der Waals surface area (Å²) >= 11 is 4.80. The van der Waals surface area contributed by atoms with Crippen LogP contribution in [-0.4, -0.2) is 39.2 Å². The third kappa shape index (κ3) is 4.13. The predicted molar refractivity (Wildman–Crippen MR) is 108 cm³/mol. The molecule has 0 bridgehead atoms. The number of nitrogens with zero attached hydrogens (tertiary/aromatic N) is 2. The van der Waals surface area contributed by atoms with Crippen LogP contribution in [0.2, 0.25) is 0 Å². The Bertz CT molecular complexity index is 782. The highest BCUT2D eigenvalue weighted by molar-refractivity contribution is 8.00. The van der Waals surface area contributed by atoms with Crippen molar-refractivity contribution in [2.24, 2.45) is 0 Å². The molecule has 0 atom stereocenters. The highest BCUT2D eigenvalue weighted by Gasteiger charge is 2.26. The Morgan fingerprint density at radius 2 is 2.19 bits per heavy atom. The zero-order valence-electron chi connectivity index (χ0n) is 14.4. The van der Waals surface area contributed by atoms with Crippen LogP contribution in [0.1, 0.15) is 46.6 Å². The van der Waals surface area contributed by atoms with Crippen LogP contribution in [0.25, 0.3) is 0 Å². The second-order valence-corrected chi connectivity index (χ2v) is 9.79. The zero-order valence-corrected chi connectivity index (χ0v) is 16.9. The molecule has 3 heterocycles. The molecule has 2 aromatic rings. The highest BCUT2D eigenvalue weighted by atomic mass is 32.2. The summed E-state index contributed by atoms with van der Waals surface area (Å²) < 4.78 is 0. The summed E-state index contributed by atoms with van der Waals surface area (Å²) in [5, 5.41) is 7.88. The second-order valence-electron chi connectivity index (χ2n) is 6.64. The van der Waals surface area contributed by atoms with Crippen LogP contribution in [0, 0.1) is 0 Å². The molecule has 26 heavy (non-hydrogen) atoms. The topological polar surface area (TPSA) is 62.3 Å². The van der Waals surface area contributed by atoms with Crippen LogP contribution in [0.15, 0.2) is 16.8 Å². The molecule has 1 aliphatic carbocycles. The molecule has 1 N–H and O–H groups in total. The normalized spacial score (nSPS) is 17.3. The summed E-state index contributed by atoms with van der Waals surface area (Å²) in [6, 6.07) is 1.80. The molecule has 0 aromatic carbocycles. The Balaban J connectivity index is 1.34. The standard InChI is InChI=1S/C18H21N3O2S3/c22-16(11-25-13-3-1-2-4-13)21-7-5-14-15(9-21)26-18(19-14)20-17(23)12-6-8-24-10-12/h6,8,10,13H,1-5,7,9,11H2,(H,19,20,23). The first-order valence-corrected chi connectivity index (χ1v) is 11.7. The fourth-order valence-electron chi connectivity index (χ4n) is 3.36. The van der Waals surface area contributed by atoms with Gasteiger partial charge < -0.3 is 4.90 Å². The van der Waals surface area contributed by atoms with E-state index >= 15 is 0 Å². The third-order valence-corrected chi connectivity index (χ3v) is 7.87. The smallest absolute Gasteiger partial charge is 0.258 e. The number of thiophene rings is 1. The number of rotatable bonds is 5. The van der Waals surface area contributed by atoms with E-state index in [0.717, 1.165) is 23.5 Å². The van der Waals surface area contributed by atoms with Gasteiger partial charge in [0.1, 0.15) is 0 Å². The molecule has 4 rings (SSSR count). The van der Waals surface area contributed by atoms with E-state index in [-0.39, 0.29) is 11.8 Å². The van der Waals surface area contributed by atoms with Gasteiger partial charge in [-0.25, -0.2) is 4.98 Å². The quantitative estimate of drug-likeness (QED) is 0.813. The second kappa shape index (κ2) is 8.10. The zero-order chi connectivity index (χ0) is 17.9. The van der Waals surface area contributed by atoms with E-state index in [9.17, 15) is 9.59 Å². The minimum atomic E-state index is -0.127. The number of carbonyl (C=O) groups is 2. The van der Waals surface area contributed by atoms with E-state index in [1.807, 2.05) is 27.4 Å². The lowest BCUT2D eigenvalue weighted by Gasteiger charge is -2.26. The summed E-state index contributed by atoms with van der Waals surface area (Å²) in [5.41, 5.74) is 1.67. The van der Waals surface area contributed by atoms with Gasteiger partial charge in [0.15, 0.2) is 5.13 Å². The lowest BCUT2D eigenvalue weighted by Crippen LogP contribution is -2.36. The van der Waals surface area contributed by atoms with Crippen molar-refractivity contribution in [1.29, 1.82) is 0 Å². The average molecular weight is 408 g/mol. The van der Waals surface area contributed by atoms with Gasteiger partial charge in [-0.15, -0.1) is 11.8 Å². The van der Waals surface area contributed by atoms with Crippen LogP contribution in [0.4, 0.5) is 5.13 Å². The van der Waals surface area contributed by atoms with E-state index in [1.165, 1.54) is 48.4 Å². The minimum absolute atomic E-state index is 0.127. The molecule has 2 aromatic heterocycles. The number of thioether (sulfide) groups is 1. The lowest BCUT2D eigenvalue weighted by molar-refractivity contribution is -0.129. The molecular formula is C18H21N3O2S3. The largest absolute Gasteiger partial charge is 0.336 e. The maximum absolute atomic E-state index is 12.5. The first kappa shape index (κ1) is 18.0. The molecule has 0 unspecified atom stereocenters. The molecule has 5 nitrogen and oxygen atoms in total. The number of thiazole rings is 1. The van der Waals surface area contributed by atoms with Crippen molar-refractivity contribution in [3.05, 3.63) is 33.0 Å². The number of nitrogens with one attached hydrogen (secondary N) is 1. The first-order chi connectivity index (χ1) is 12.7. The Hall–Kier alpha value is -1.38. The Morgan fingerprint density at radius 1 is 1.35 bits per heavy atom. The summed E-state index contributed by atoms with van der Waals surface area (Å²) in [6.07, 6.45) is 5.88. The van der Waals surface area contributed by atoms with E-state index in [4.69, 9.17) is 0 Å². The lowest BCUT2D eigenvalue weighted by atomic mass is 10.2. The maximum atomic E-state index is 12.5. The number of fused-ring (bicyclic) bond motifs is 1. The SMILES string of the molecule is O=C(Nc1nc2c(s1)CN(C(=O)CSC1CCCC1)CC2)c1ccsc1. The van der Waals surface area contributed by atoms with Crippen molar-refractivity contribution in [3.8, 4) is 0 Å². The van der Waals surface area contributed by atoms with Crippen molar-refractivity contribution in [2.45, 2.75) is 43.9 Å². The molecule has 2 aliphatic rings. The van der Waals surface area contributed by atoms with Crippen LogP contribution in [0.5, 0.6) is 0 Å². The number of carbonyl (C=O) groups excluding carboxylic acids is 2. The highest BCUT2D eigenvalue weighted by Crippen LogP contribution is 2.31. The maximum Gasteiger partial charge on any atom is 0.258 e. The molecular weight excluding hydrogens is 386 g/mol. The van der Waals surface area contributed by atoms with Crippen molar-refractivity contribution < 1.29 is 9.59 Å². The van der Waals surface area contributed by atoms with Crippen molar-refractivity contribution in [2.75, 3.05) is 17.6 Å². The van der Waals surface area contributed by atoms with Gasteiger partial charge >= 0.3 is 0 Å². The fourth-order valence-corrected chi connectivity index (χ4v) is 6.24. The molecule has 1 saturated carbocycles. The molecule has 2 amide bonds. The Morgan fingerprint density at radius 3 is 2.96 bits per heavy atom. The molecule has 0 saturated heterocycles. The number of aromatic nitrogens is 1. The van der Waals surface area contributed by atoms with E-state index in [1.54, 1.807) is 6.07 Å². The van der Waals surface area contributed by atoms with Crippen LogP contribution >= 0.6 is 34.4 Å². The predicted octanol–water partition coefficient (Wildman–Crippen LogP) is 4.02. The molecule has 0 radical (unpaired) electrons. The van der Waals surface area contributed by atoms with E-state index in [0.29, 0.717) is 28.2 Å². The first-order valence-electron chi connectivity index (χ1n) is 8.90. The minimum Gasteiger partial charge on any atom is -0.336 e. The van der Waals surface area contributed by atoms with E-state index < -0.39 is 0 Å². The monoisotopic (exact) mass is 407 g/mol. The van der Waals surface area contributed by atoms with E-state index in [2.05, 4.69) is 10.3 Å². The van der Waals surface area contributed by atoms with Crippen LogP contribution in [-0.2, 0) is 17.8 Å². The number of amides is 2. The Kier molecular flexibility index (Phi) is 5.61. The fraction of sp³-hybridized carbons (Fsp3) is 0.500. The number of hydrogen-bond donors (Lipinski definition) is 1. The van der Waals surface area contributed by atoms with Gasteiger partial charge in [0.05, 0.1) is 23.6 Å². The molecule has 138 valence electrons. The molecule has 1 fully saturated rings. The van der Waals surface area contributed by atoms with Crippen LogP contribution < -0.4 is 5.32 Å². The van der Waals surface area contributed by atoms with Crippen molar-refractivity contribution in [1.82, 2.24) is 9.88 Å². The Labute approximate surface area is 165 Å². The molecule has 8 heteroatoms. The average Bonchev–Trinajstić information content (AvgIpc) is 3.39. The number of anilines is 1. The van der Waals surface area contributed by atoms with Gasteiger partial charge in [0.25, 0.3) is 5.91 Å². The van der Waals surface area contributed by atoms with Crippen LogP contribution in [0.3, 0.4) is 0 Å². The van der Waals surface area contributed by atoms with Gasteiger partial charge in [0, 0.05) is 28.5 Å². The van der Waals surface area contributed by atoms with Crippen molar-refractivity contribution >= 4 is 51.4 Å². The summed E-state index contributed by atoms with van der Waals surface area (Å²) in [7, 11) is 0.